The minimum Gasteiger partial charge on any atom is -0.308 e. The summed E-state index contributed by atoms with van der Waals surface area (Å²) < 4.78 is 3.13. The Morgan fingerprint density at radius 3 is 2.61 bits per heavy atom. The molecule has 0 spiro atoms. The lowest BCUT2D eigenvalue weighted by molar-refractivity contribution is 0.250. The number of nitrogens with one attached hydrogen (secondary N) is 1. The highest BCUT2D eigenvalue weighted by molar-refractivity contribution is 7.96. The van der Waals surface area contributed by atoms with Gasteiger partial charge in [-0.2, -0.15) is 0 Å². The SMILES string of the molecule is CN(C)CCN1C(=O)N[S+](c2ccccc2)c2cc(Cl)ccc21. The monoisotopic (exact) mass is 348 g/mol. The fraction of sp³-hybridized carbons (Fsp3) is 0.235. The molecule has 0 aliphatic carbocycles. The maximum atomic E-state index is 12.6. The van der Waals surface area contributed by atoms with Crippen molar-refractivity contribution in [2.75, 3.05) is 32.1 Å². The van der Waals surface area contributed by atoms with Gasteiger partial charge in [0, 0.05) is 24.2 Å². The summed E-state index contributed by atoms with van der Waals surface area (Å²) in [5.74, 6) is 0. The Morgan fingerprint density at radius 2 is 1.91 bits per heavy atom. The molecule has 0 radical (unpaired) electrons. The zero-order valence-corrected chi connectivity index (χ0v) is 14.7. The molecule has 0 aromatic heterocycles. The number of hydrogen-bond donors (Lipinski definition) is 1. The first kappa shape index (κ1) is 16.2. The van der Waals surface area contributed by atoms with Crippen molar-refractivity contribution < 1.29 is 4.79 Å². The molecule has 1 aliphatic rings. The minimum atomic E-state index is -0.498. The molecular weight excluding hydrogens is 330 g/mol. The lowest BCUT2D eigenvalue weighted by Crippen LogP contribution is -2.49. The lowest BCUT2D eigenvalue weighted by atomic mass is 10.3. The van der Waals surface area contributed by atoms with Crippen molar-refractivity contribution in [1.82, 2.24) is 9.62 Å². The van der Waals surface area contributed by atoms with Crippen LogP contribution in [0.2, 0.25) is 5.02 Å². The summed E-state index contributed by atoms with van der Waals surface area (Å²) in [5, 5.41) is 0.681. The van der Waals surface area contributed by atoms with Gasteiger partial charge >= 0.3 is 6.03 Å². The fourth-order valence-electron chi connectivity index (χ4n) is 2.45. The Hall–Kier alpha value is -1.69. The summed E-state index contributed by atoms with van der Waals surface area (Å²) in [6.45, 7) is 1.44. The van der Waals surface area contributed by atoms with Gasteiger partial charge in [-0.15, -0.1) is 4.72 Å². The van der Waals surface area contributed by atoms with Crippen LogP contribution in [0.15, 0.2) is 58.3 Å². The van der Waals surface area contributed by atoms with Crippen LogP contribution in [0.3, 0.4) is 0 Å². The van der Waals surface area contributed by atoms with Crippen LogP contribution in [0.4, 0.5) is 10.5 Å². The van der Waals surface area contributed by atoms with Gasteiger partial charge in [0.2, 0.25) is 4.90 Å². The van der Waals surface area contributed by atoms with Crippen molar-refractivity contribution >= 4 is 34.4 Å². The molecule has 0 saturated heterocycles. The number of carbonyl (C=O) groups excluding carboxylic acids is 1. The highest BCUT2D eigenvalue weighted by atomic mass is 35.5. The summed E-state index contributed by atoms with van der Waals surface area (Å²) in [5.41, 5.74) is 0.937. The molecule has 2 aromatic rings. The van der Waals surface area contributed by atoms with Crippen molar-refractivity contribution in [3.05, 3.63) is 53.6 Å². The average molecular weight is 349 g/mol. The van der Waals surface area contributed by atoms with Crippen LogP contribution in [-0.4, -0.2) is 38.1 Å². The Bertz CT molecular complexity index is 708. The first-order valence-electron chi connectivity index (χ1n) is 7.38. The van der Waals surface area contributed by atoms with E-state index in [0.29, 0.717) is 11.6 Å². The van der Waals surface area contributed by atoms with E-state index in [1.807, 2.05) is 62.6 Å². The standard InChI is InChI=1S/C17H18ClN3OS/c1-20(2)10-11-21-15-9-8-13(18)12-16(15)23(19-17(21)22)14-6-4-3-5-7-14/h3-9,12H,10-11H2,1-2H3/p+1. The molecule has 0 saturated carbocycles. The van der Waals surface area contributed by atoms with Gasteiger partial charge < -0.3 is 4.90 Å². The van der Waals surface area contributed by atoms with Gasteiger partial charge in [0.05, 0.1) is 0 Å². The average Bonchev–Trinajstić information content (AvgIpc) is 2.54. The number of nitrogens with zero attached hydrogens (tertiary/aromatic N) is 2. The second kappa shape index (κ2) is 6.83. The number of hydrogen-bond acceptors (Lipinski definition) is 2. The van der Waals surface area contributed by atoms with E-state index in [1.54, 1.807) is 4.90 Å². The van der Waals surface area contributed by atoms with Crippen LogP contribution < -0.4 is 9.62 Å². The van der Waals surface area contributed by atoms with Crippen LogP contribution in [0.5, 0.6) is 0 Å². The van der Waals surface area contributed by atoms with E-state index in [4.69, 9.17) is 11.6 Å². The van der Waals surface area contributed by atoms with Gasteiger partial charge in [-0.25, -0.2) is 4.79 Å². The molecule has 6 heteroatoms. The van der Waals surface area contributed by atoms with Gasteiger partial charge in [0.15, 0.2) is 16.0 Å². The van der Waals surface area contributed by atoms with E-state index in [1.165, 1.54) is 0 Å². The molecular formula is C17H19ClN3OS+. The molecule has 1 N–H and O–H groups in total. The van der Waals surface area contributed by atoms with Crippen LogP contribution >= 0.6 is 11.6 Å². The first-order chi connectivity index (χ1) is 11.1. The number of urea groups is 1. The Morgan fingerprint density at radius 1 is 1.17 bits per heavy atom. The molecule has 1 heterocycles. The quantitative estimate of drug-likeness (QED) is 0.860. The summed E-state index contributed by atoms with van der Waals surface area (Å²) in [4.78, 5) is 18.6. The second-order valence-electron chi connectivity index (χ2n) is 5.59. The van der Waals surface area contributed by atoms with Gasteiger partial charge in [-0.1, -0.05) is 29.8 Å². The molecule has 2 amide bonds. The number of benzene rings is 2. The molecule has 0 fully saturated rings. The van der Waals surface area contributed by atoms with Crippen LogP contribution in [0.25, 0.3) is 0 Å². The first-order valence-corrected chi connectivity index (χ1v) is 8.98. The number of anilines is 1. The number of fused-ring (bicyclic) bond motifs is 1. The zero-order chi connectivity index (χ0) is 16.4. The van der Waals surface area contributed by atoms with E-state index >= 15 is 0 Å². The summed E-state index contributed by atoms with van der Waals surface area (Å²) in [6.07, 6.45) is 0. The molecule has 3 rings (SSSR count). The third kappa shape index (κ3) is 3.47. The Kier molecular flexibility index (Phi) is 4.80. The Labute approximate surface area is 144 Å². The Balaban J connectivity index is 2.01. The third-order valence-corrected chi connectivity index (χ3v) is 5.74. The highest BCUT2D eigenvalue weighted by Crippen LogP contribution is 2.36. The summed E-state index contributed by atoms with van der Waals surface area (Å²) in [7, 11) is 4.00. The van der Waals surface area contributed by atoms with E-state index in [-0.39, 0.29) is 6.03 Å². The van der Waals surface area contributed by atoms with E-state index in [0.717, 1.165) is 22.0 Å². The smallest absolute Gasteiger partial charge is 0.308 e. The maximum Gasteiger partial charge on any atom is 0.364 e. The summed E-state index contributed by atoms with van der Waals surface area (Å²) in [6, 6.07) is 15.7. The maximum absolute atomic E-state index is 12.6. The van der Waals surface area contributed by atoms with Gasteiger partial charge in [0.25, 0.3) is 0 Å². The minimum absolute atomic E-state index is 0.0612. The number of rotatable bonds is 4. The molecule has 2 aromatic carbocycles. The molecule has 1 aliphatic heterocycles. The molecule has 1 atom stereocenters. The molecule has 120 valence electrons. The van der Waals surface area contributed by atoms with E-state index in [9.17, 15) is 4.79 Å². The normalized spacial score (nSPS) is 17.1. The van der Waals surface area contributed by atoms with Crippen LogP contribution in [0, 0.1) is 0 Å². The lowest BCUT2D eigenvalue weighted by Gasteiger charge is -2.29. The van der Waals surface area contributed by atoms with E-state index < -0.39 is 11.1 Å². The van der Waals surface area contributed by atoms with Crippen molar-refractivity contribution in [3.8, 4) is 0 Å². The molecule has 0 bridgehead atoms. The zero-order valence-electron chi connectivity index (χ0n) is 13.1. The number of halogens is 1. The number of likely N-dealkylation sites (N-methyl/N-ethyl adjacent to an activating group) is 1. The van der Waals surface area contributed by atoms with Crippen LogP contribution in [0.1, 0.15) is 0 Å². The van der Waals surface area contributed by atoms with E-state index in [2.05, 4.69) is 9.62 Å². The molecule has 1 unspecified atom stereocenters. The van der Waals surface area contributed by atoms with Crippen molar-refractivity contribution in [2.45, 2.75) is 9.79 Å². The molecule has 23 heavy (non-hydrogen) atoms. The number of carbonyl (C=O) groups is 1. The van der Waals surface area contributed by atoms with Crippen molar-refractivity contribution in [1.29, 1.82) is 0 Å². The van der Waals surface area contributed by atoms with Gasteiger partial charge in [0.1, 0.15) is 5.69 Å². The van der Waals surface area contributed by atoms with Crippen molar-refractivity contribution in [3.63, 3.8) is 0 Å². The second-order valence-corrected chi connectivity index (χ2v) is 7.76. The third-order valence-electron chi connectivity index (χ3n) is 3.62. The van der Waals surface area contributed by atoms with Crippen LogP contribution in [-0.2, 0) is 11.1 Å². The van der Waals surface area contributed by atoms with Gasteiger partial charge in [-0.3, -0.25) is 4.90 Å². The highest BCUT2D eigenvalue weighted by Gasteiger charge is 2.40. The topological polar surface area (TPSA) is 35.6 Å². The predicted molar refractivity (Wildman–Crippen MR) is 96.2 cm³/mol. The van der Waals surface area contributed by atoms with Gasteiger partial charge in [-0.05, 0) is 38.4 Å². The number of amides is 2. The largest absolute Gasteiger partial charge is 0.364 e. The summed E-state index contributed by atoms with van der Waals surface area (Å²) >= 11 is 5.71. The predicted octanol–water partition coefficient (Wildman–Crippen LogP) is 3.38. The van der Waals surface area contributed by atoms with Crippen molar-refractivity contribution in [2.24, 2.45) is 0 Å². The fourth-order valence-corrected chi connectivity index (χ4v) is 4.51. The molecule has 4 nitrogen and oxygen atoms in total.